The Bertz CT molecular complexity index is 311. The lowest BCUT2D eigenvalue weighted by atomic mass is 10.3. The van der Waals surface area contributed by atoms with Crippen molar-refractivity contribution >= 4 is 0 Å². The molecule has 1 fully saturated rings. The number of ether oxygens (including phenoxy) is 1. The van der Waals surface area contributed by atoms with E-state index in [1.807, 2.05) is 6.92 Å². The summed E-state index contributed by atoms with van der Waals surface area (Å²) in [5.74, 6) is 1.73. The maximum atomic E-state index is 5.43. The van der Waals surface area contributed by atoms with Gasteiger partial charge in [0, 0.05) is 33.2 Å². The minimum Gasteiger partial charge on any atom is -0.446 e. The first-order valence-electron chi connectivity index (χ1n) is 5.44. The van der Waals surface area contributed by atoms with E-state index < -0.39 is 0 Å². The molecule has 1 aliphatic rings. The predicted octanol–water partition coefficient (Wildman–Crippen LogP) is 1.25. The van der Waals surface area contributed by atoms with E-state index in [2.05, 4.69) is 9.88 Å². The number of aromatic nitrogens is 1. The van der Waals surface area contributed by atoms with E-state index in [9.17, 15) is 0 Å². The van der Waals surface area contributed by atoms with Crippen molar-refractivity contribution in [3.8, 4) is 0 Å². The molecule has 0 aliphatic carbocycles. The Morgan fingerprint density at radius 3 is 3.13 bits per heavy atom. The van der Waals surface area contributed by atoms with Crippen LogP contribution in [0.5, 0.6) is 0 Å². The molecule has 0 saturated carbocycles. The normalized spacial score (nSPS) is 22.4. The third-order valence-electron chi connectivity index (χ3n) is 2.87. The Morgan fingerprint density at radius 1 is 1.67 bits per heavy atom. The van der Waals surface area contributed by atoms with E-state index >= 15 is 0 Å². The van der Waals surface area contributed by atoms with Crippen molar-refractivity contribution in [2.45, 2.75) is 25.9 Å². The number of oxazole rings is 1. The van der Waals surface area contributed by atoms with Crippen LogP contribution in [0, 0.1) is 6.92 Å². The van der Waals surface area contributed by atoms with Crippen LogP contribution in [-0.4, -0.2) is 42.7 Å². The highest BCUT2D eigenvalue weighted by atomic mass is 16.5. The lowest BCUT2D eigenvalue weighted by Gasteiger charge is -2.13. The average molecular weight is 210 g/mol. The number of aryl methyl sites for hydroxylation is 1. The summed E-state index contributed by atoms with van der Waals surface area (Å²) in [5.41, 5.74) is 0. The van der Waals surface area contributed by atoms with Crippen molar-refractivity contribution in [2.24, 2.45) is 0 Å². The molecular weight excluding hydrogens is 192 g/mol. The molecule has 15 heavy (non-hydrogen) atoms. The molecule has 0 bridgehead atoms. The van der Waals surface area contributed by atoms with Crippen molar-refractivity contribution in [3.05, 3.63) is 17.8 Å². The van der Waals surface area contributed by atoms with Gasteiger partial charge in [-0.1, -0.05) is 0 Å². The van der Waals surface area contributed by atoms with Gasteiger partial charge in [0.05, 0.1) is 12.3 Å². The molecule has 2 rings (SSSR count). The van der Waals surface area contributed by atoms with Crippen LogP contribution in [0.1, 0.15) is 18.1 Å². The fraction of sp³-hybridized carbons (Fsp3) is 0.727. The maximum Gasteiger partial charge on any atom is 0.195 e. The van der Waals surface area contributed by atoms with Gasteiger partial charge in [0.1, 0.15) is 5.76 Å². The Kier molecular flexibility index (Phi) is 3.38. The van der Waals surface area contributed by atoms with Crippen LogP contribution in [0.15, 0.2) is 10.6 Å². The predicted molar refractivity (Wildman–Crippen MR) is 56.8 cm³/mol. The van der Waals surface area contributed by atoms with Gasteiger partial charge in [-0.15, -0.1) is 0 Å². The molecule has 0 radical (unpaired) electrons. The summed E-state index contributed by atoms with van der Waals surface area (Å²) in [4.78, 5) is 6.59. The Hall–Kier alpha value is -0.870. The molecule has 0 unspecified atom stereocenters. The van der Waals surface area contributed by atoms with Gasteiger partial charge in [0.15, 0.2) is 5.89 Å². The summed E-state index contributed by atoms with van der Waals surface area (Å²) in [5, 5.41) is 0. The summed E-state index contributed by atoms with van der Waals surface area (Å²) in [7, 11) is 1.78. The molecule has 1 aliphatic heterocycles. The highest BCUT2D eigenvalue weighted by Crippen LogP contribution is 2.12. The van der Waals surface area contributed by atoms with Gasteiger partial charge in [0.2, 0.25) is 0 Å². The van der Waals surface area contributed by atoms with E-state index in [0.29, 0.717) is 6.10 Å². The van der Waals surface area contributed by atoms with Crippen LogP contribution in [-0.2, 0) is 11.2 Å². The molecule has 0 aromatic carbocycles. The number of rotatable bonds is 4. The van der Waals surface area contributed by atoms with Crippen molar-refractivity contribution in [1.82, 2.24) is 9.88 Å². The summed E-state index contributed by atoms with van der Waals surface area (Å²) >= 11 is 0. The zero-order chi connectivity index (χ0) is 10.7. The van der Waals surface area contributed by atoms with Crippen LogP contribution >= 0.6 is 0 Å². The number of likely N-dealkylation sites (tertiary alicyclic amines) is 1. The fourth-order valence-electron chi connectivity index (χ4n) is 1.96. The molecule has 1 aromatic rings. The number of hydrogen-bond acceptors (Lipinski definition) is 4. The average Bonchev–Trinajstić information content (AvgIpc) is 2.83. The van der Waals surface area contributed by atoms with Crippen LogP contribution in [0.25, 0.3) is 0 Å². The van der Waals surface area contributed by atoms with Gasteiger partial charge in [-0.25, -0.2) is 4.98 Å². The van der Waals surface area contributed by atoms with Crippen LogP contribution in [0.2, 0.25) is 0 Å². The highest BCUT2D eigenvalue weighted by Gasteiger charge is 2.21. The SMILES string of the molecule is CO[C@@H]1CCN(CCc2ncc(C)o2)C1. The van der Waals surface area contributed by atoms with Crippen molar-refractivity contribution in [1.29, 1.82) is 0 Å². The van der Waals surface area contributed by atoms with Gasteiger partial charge in [-0.3, -0.25) is 0 Å². The summed E-state index contributed by atoms with van der Waals surface area (Å²) in [6, 6.07) is 0. The first-order chi connectivity index (χ1) is 7.28. The van der Waals surface area contributed by atoms with Crippen LogP contribution < -0.4 is 0 Å². The van der Waals surface area contributed by atoms with Gasteiger partial charge in [0.25, 0.3) is 0 Å². The monoisotopic (exact) mass is 210 g/mol. The molecule has 2 heterocycles. The molecule has 4 heteroatoms. The van der Waals surface area contributed by atoms with E-state index in [-0.39, 0.29) is 0 Å². The lowest BCUT2D eigenvalue weighted by Crippen LogP contribution is -2.25. The highest BCUT2D eigenvalue weighted by molar-refractivity contribution is 4.91. The fourth-order valence-corrected chi connectivity index (χ4v) is 1.96. The second kappa shape index (κ2) is 4.77. The number of hydrogen-bond donors (Lipinski definition) is 0. The quantitative estimate of drug-likeness (QED) is 0.749. The third-order valence-corrected chi connectivity index (χ3v) is 2.87. The molecule has 0 N–H and O–H groups in total. The van der Waals surface area contributed by atoms with Crippen molar-refractivity contribution < 1.29 is 9.15 Å². The zero-order valence-corrected chi connectivity index (χ0v) is 9.40. The smallest absolute Gasteiger partial charge is 0.195 e. The van der Waals surface area contributed by atoms with E-state index in [4.69, 9.17) is 9.15 Å². The molecule has 1 aromatic heterocycles. The topological polar surface area (TPSA) is 38.5 Å². The van der Waals surface area contributed by atoms with Crippen LogP contribution in [0.3, 0.4) is 0 Å². The molecule has 1 saturated heterocycles. The standard InChI is InChI=1S/C11H18N2O2/c1-9-7-12-11(15-9)4-6-13-5-3-10(8-13)14-2/h7,10H,3-6,8H2,1-2H3/t10-/m1/s1. The van der Waals surface area contributed by atoms with Gasteiger partial charge < -0.3 is 14.1 Å². The minimum absolute atomic E-state index is 0.413. The van der Waals surface area contributed by atoms with Gasteiger partial charge >= 0.3 is 0 Å². The second-order valence-electron chi connectivity index (χ2n) is 4.06. The number of nitrogens with zero attached hydrogens (tertiary/aromatic N) is 2. The summed E-state index contributed by atoms with van der Waals surface area (Å²) < 4.78 is 10.7. The molecule has 4 nitrogen and oxygen atoms in total. The minimum atomic E-state index is 0.413. The first-order valence-corrected chi connectivity index (χ1v) is 5.44. The first kappa shape index (κ1) is 10.6. The van der Waals surface area contributed by atoms with Crippen LogP contribution in [0.4, 0.5) is 0 Å². The Labute approximate surface area is 90.2 Å². The summed E-state index contributed by atoms with van der Waals surface area (Å²) in [6.45, 7) is 5.10. The molecule has 1 atom stereocenters. The van der Waals surface area contributed by atoms with Crippen molar-refractivity contribution in [3.63, 3.8) is 0 Å². The Morgan fingerprint density at radius 2 is 2.53 bits per heavy atom. The Balaban J connectivity index is 1.75. The zero-order valence-electron chi connectivity index (χ0n) is 9.40. The molecule has 0 amide bonds. The van der Waals surface area contributed by atoms with E-state index in [0.717, 1.165) is 44.1 Å². The maximum absolute atomic E-state index is 5.43. The lowest BCUT2D eigenvalue weighted by molar-refractivity contribution is 0.108. The molecule has 0 spiro atoms. The third kappa shape index (κ3) is 2.79. The number of methoxy groups -OCH3 is 1. The van der Waals surface area contributed by atoms with Crippen molar-refractivity contribution in [2.75, 3.05) is 26.7 Å². The van der Waals surface area contributed by atoms with Gasteiger partial charge in [-0.2, -0.15) is 0 Å². The second-order valence-corrected chi connectivity index (χ2v) is 4.06. The molecule has 84 valence electrons. The van der Waals surface area contributed by atoms with Gasteiger partial charge in [-0.05, 0) is 13.3 Å². The van der Waals surface area contributed by atoms with E-state index in [1.54, 1.807) is 13.3 Å². The summed E-state index contributed by atoms with van der Waals surface area (Å²) in [6.07, 6.45) is 4.22. The van der Waals surface area contributed by atoms with E-state index in [1.165, 1.54) is 0 Å². The molecular formula is C11H18N2O2. The largest absolute Gasteiger partial charge is 0.446 e.